The minimum Gasteiger partial charge on any atom is -0.481 e. The molecule has 0 amide bonds. The van der Waals surface area contributed by atoms with E-state index in [1.807, 2.05) is 24.4 Å². The maximum Gasteiger partial charge on any atom is 0.306 e. The highest BCUT2D eigenvalue weighted by atomic mass is 16.4. The zero-order chi connectivity index (χ0) is 14.7. The van der Waals surface area contributed by atoms with Gasteiger partial charge in [-0.2, -0.15) is 0 Å². The third kappa shape index (κ3) is 3.27. The summed E-state index contributed by atoms with van der Waals surface area (Å²) in [5.41, 5.74) is 3.31. The summed E-state index contributed by atoms with van der Waals surface area (Å²) in [6, 6.07) is 10.3. The standard InChI is InChI=1S/C17H18N2O2/c20-17(21)13-7-8-15-14(10-13)11-18-16(19-15)9-6-12-4-2-1-3-5-12/h1-5,11,13H,6-10H2,(H,20,21). The highest BCUT2D eigenvalue weighted by Gasteiger charge is 2.25. The summed E-state index contributed by atoms with van der Waals surface area (Å²) in [6.45, 7) is 0. The summed E-state index contributed by atoms with van der Waals surface area (Å²) >= 11 is 0. The van der Waals surface area contributed by atoms with Crippen molar-refractivity contribution in [3.05, 3.63) is 59.2 Å². The Hall–Kier alpha value is -2.23. The van der Waals surface area contributed by atoms with Gasteiger partial charge in [0.1, 0.15) is 5.82 Å². The van der Waals surface area contributed by atoms with E-state index in [9.17, 15) is 4.79 Å². The largest absolute Gasteiger partial charge is 0.481 e. The van der Waals surface area contributed by atoms with Gasteiger partial charge in [0, 0.05) is 18.3 Å². The number of benzene rings is 1. The molecule has 0 bridgehead atoms. The van der Waals surface area contributed by atoms with Crippen molar-refractivity contribution in [2.45, 2.75) is 32.1 Å². The van der Waals surface area contributed by atoms with Crippen molar-refractivity contribution in [3.8, 4) is 0 Å². The summed E-state index contributed by atoms with van der Waals surface area (Å²) in [6.07, 6.45) is 5.54. The number of carbonyl (C=O) groups is 1. The number of fused-ring (bicyclic) bond motifs is 1. The predicted octanol–water partition coefficient (Wildman–Crippen LogP) is 2.45. The monoisotopic (exact) mass is 282 g/mol. The van der Waals surface area contributed by atoms with Crippen LogP contribution in [0.1, 0.15) is 29.1 Å². The Morgan fingerprint density at radius 1 is 1.24 bits per heavy atom. The Labute approximate surface area is 123 Å². The van der Waals surface area contributed by atoms with Gasteiger partial charge < -0.3 is 5.11 Å². The first-order chi connectivity index (χ1) is 10.2. The molecule has 1 N–H and O–H groups in total. The second kappa shape index (κ2) is 6.04. The predicted molar refractivity (Wildman–Crippen MR) is 79.0 cm³/mol. The van der Waals surface area contributed by atoms with Gasteiger partial charge in [0.15, 0.2) is 0 Å². The quantitative estimate of drug-likeness (QED) is 0.935. The molecule has 1 unspecified atom stereocenters. The molecular weight excluding hydrogens is 264 g/mol. The number of nitrogens with zero attached hydrogens (tertiary/aromatic N) is 2. The van der Waals surface area contributed by atoms with E-state index in [4.69, 9.17) is 5.11 Å². The lowest BCUT2D eigenvalue weighted by molar-refractivity contribution is -0.142. The summed E-state index contributed by atoms with van der Waals surface area (Å²) in [7, 11) is 0. The lowest BCUT2D eigenvalue weighted by Crippen LogP contribution is -2.23. The lowest BCUT2D eigenvalue weighted by Gasteiger charge is -2.20. The highest BCUT2D eigenvalue weighted by Crippen LogP contribution is 2.24. The van der Waals surface area contributed by atoms with E-state index in [-0.39, 0.29) is 5.92 Å². The van der Waals surface area contributed by atoms with Crippen LogP contribution < -0.4 is 0 Å². The number of rotatable bonds is 4. The molecule has 4 nitrogen and oxygen atoms in total. The third-order valence-electron chi connectivity index (χ3n) is 4.03. The minimum atomic E-state index is -0.714. The molecule has 1 aliphatic rings. The molecule has 0 radical (unpaired) electrons. The number of hydrogen-bond acceptors (Lipinski definition) is 3. The van der Waals surface area contributed by atoms with Gasteiger partial charge in [-0.3, -0.25) is 4.79 Å². The van der Waals surface area contributed by atoms with Crippen molar-refractivity contribution in [2.24, 2.45) is 5.92 Å². The van der Waals surface area contributed by atoms with E-state index < -0.39 is 5.97 Å². The minimum absolute atomic E-state index is 0.281. The fraction of sp³-hybridized carbons (Fsp3) is 0.353. The molecule has 1 aliphatic carbocycles. The van der Waals surface area contributed by atoms with E-state index in [1.165, 1.54) is 5.56 Å². The van der Waals surface area contributed by atoms with Crippen LogP contribution in [0.2, 0.25) is 0 Å². The molecule has 0 aliphatic heterocycles. The first-order valence-electron chi connectivity index (χ1n) is 7.33. The van der Waals surface area contributed by atoms with E-state index >= 15 is 0 Å². The fourth-order valence-corrected chi connectivity index (χ4v) is 2.78. The van der Waals surface area contributed by atoms with Gasteiger partial charge in [-0.15, -0.1) is 0 Å². The highest BCUT2D eigenvalue weighted by molar-refractivity contribution is 5.70. The Balaban J connectivity index is 1.68. The van der Waals surface area contributed by atoms with Crippen LogP contribution in [0.5, 0.6) is 0 Å². The van der Waals surface area contributed by atoms with Crippen LogP contribution in [0.3, 0.4) is 0 Å². The smallest absolute Gasteiger partial charge is 0.306 e. The summed E-state index contributed by atoms with van der Waals surface area (Å²) in [5.74, 6) is -0.142. The number of hydrogen-bond donors (Lipinski definition) is 1. The first-order valence-corrected chi connectivity index (χ1v) is 7.33. The normalized spacial score (nSPS) is 17.2. The average molecular weight is 282 g/mol. The van der Waals surface area contributed by atoms with Crippen molar-refractivity contribution in [1.82, 2.24) is 9.97 Å². The maximum absolute atomic E-state index is 11.0. The third-order valence-corrected chi connectivity index (χ3v) is 4.03. The number of aromatic nitrogens is 2. The van der Waals surface area contributed by atoms with Crippen LogP contribution in [0.25, 0.3) is 0 Å². The number of carboxylic acid groups (broad SMARTS) is 1. The molecule has 2 aromatic rings. The van der Waals surface area contributed by atoms with E-state index in [0.29, 0.717) is 12.8 Å². The van der Waals surface area contributed by atoms with Crippen LogP contribution in [-0.2, 0) is 30.5 Å². The van der Waals surface area contributed by atoms with Crippen LogP contribution in [0.4, 0.5) is 0 Å². The molecule has 1 atom stereocenters. The van der Waals surface area contributed by atoms with Gasteiger partial charge in [0.05, 0.1) is 5.92 Å². The summed E-state index contributed by atoms with van der Waals surface area (Å²) in [4.78, 5) is 20.1. The average Bonchev–Trinajstić information content (AvgIpc) is 2.53. The number of aryl methyl sites for hydroxylation is 3. The van der Waals surface area contributed by atoms with Crippen molar-refractivity contribution in [2.75, 3.05) is 0 Å². The zero-order valence-electron chi connectivity index (χ0n) is 11.8. The molecule has 108 valence electrons. The molecule has 1 aromatic heterocycles. The molecule has 0 saturated carbocycles. The Kier molecular flexibility index (Phi) is 3.95. The van der Waals surface area contributed by atoms with Crippen LogP contribution in [0, 0.1) is 5.92 Å². The van der Waals surface area contributed by atoms with E-state index in [1.54, 1.807) is 0 Å². The van der Waals surface area contributed by atoms with Gasteiger partial charge >= 0.3 is 5.97 Å². The number of carboxylic acids is 1. The Morgan fingerprint density at radius 2 is 2.05 bits per heavy atom. The molecule has 0 fully saturated rings. The van der Waals surface area contributed by atoms with Gasteiger partial charge in [-0.1, -0.05) is 30.3 Å². The van der Waals surface area contributed by atoms with Gasteiger partial charge in [0.2, 0.25) is 0 Å². The maximum atomic E-state index is 11.0. The van der Waals surface area contributed by atoms with Gasteiger partial charge in [-0.25, -0.2) is 9.97 Å². The topological polar surface area (TPSA) is 63.1 Å². The molecule has 1 heterocycles. The van der Waals surface area contributed by atoms with Crippen molar-refractivity contribution >= 4 is 5.97 Å². The second-order valence-electron chi connectivity index (χ2n) is 5.52. The zero-order valence-corrected chi connectivity index (χ0v) is 11.8. The molecule has 0 spiro atoms. The van der Waals surface area contributed by atoms with E-state index in [0.717, 1.165) is 36.3 Å². The van der Waals surface area contributed by atoms with Crippen molar-refractivity contribution in [1.29, 1.82) is 0 Å². The van der Waals surface area contributed by atoms with Crippen molar-refractivity contribution in [3.63, 3.8) is 0 Å². The summed E-state index contributed by atoms with van der Waals surface area (Å²) < 4.78 is 0. The molecule has 3 rings (SSSR count). The summed E-state index contributed by atoms with van der Waals surface area (Å²) in [5, 5.41) is 9.09. The molecule has 4 heteroatoms. The van der Waals surface area contributed by atoms with Crippen LogP contribution in [-0.4, -0.2) is 21.0 Å². The molecule has 0 saturated heterocycles. The Morgan fingerprint density at radius 3 is 2.81 bits per heavy atom. The first kappa shape index (κ1) is 13.7. The SMILES string of the molecule is O=C(O)C1CCc2nc(CCc3ccccc3)ncc2C1. The van der Waals surface area contributed by atoms with Crippen molar-refractivity contribution < 1.29 is 9.90 Å². The second-order valence-corrected chi connectivity index (χ2v) is 5.52. The molecular formula is C17H18N2O2. The van der Waals surface area contributed by atoms with Crippen LogP contribution >= 0.6 is 0 Å². The van der Waals surface area contributed by atoms with Gasteiger partial charge in [0.25, 0.3) is 0 Å². The van der Waals surface area contributed by atoms with E-state index in [2.05, 4.69) is 22.1 Å². The fourth-order valence-electron chi connectivity index (χ4n) is 2.78. The number of aliphatic carboxylic acids is 1. The van der Waals surface area contributed by atoms with Gasteiger partial charge in [-0.05, 0) is 36.8 Å². The molecule has 21 heavy (non-hydrogen) atoms. The van der Waals surface area contributed by atoms with Crippen LogP contribution in [0.15, 0.2) is 36.5 Å². The molecule has 1 aromatic carbocycles. The lowest BCUT2D eigenvalue weighted by atomic mass is 9.87. The Bertz CT molecular complexity index is 640.